The van der Waals surface area contributed by atoms with Crippen LogP contribution in [0.3, 0.4) is 0 Å². The van der Waals surface area contributed by atoms with Gasteiger partial charge in [0.1, 0.15) is 6.07 Å². The van der Waals surface area contributed by atoms with E-state index in [-0.39, 0.29) is 0 Å². The van der Waals surface area contributed by atoms with Crippen LogP contribution in [0.25, 0.3) is 0 Å². The molecule has 0 aliphatic carbocycles. The molecule has 0 atom stereocenters. The molecule has 0 radical (unpaired) electrons. The lowest BCUT2D eigenvalue weighted by molar-refractivity contribution is -0.137. The number of allylic oxidation sites excluding steroid dienone is 2. The number of carbonyl (C=O) groups is 1. The van der Waals surface area contributed by atoms with E-state index < -0.39 is 5.97 Å². The molecular weight excluding hydrogens is 276 g/mol. The van der Waals surface area contributed by atoms with Crippen molar-refractivity contribution in [3.8, 4) is 6.07 Å². The molecular formula is C18H20N2O2. The van der Waals surface area contributed by atoms with Crippen LogP contribution < -0.4 is 0 Å². The maximum absolute atomic E-state index is 11.3. The second-order valence-electron chi connectivity index (χ2n) is 4.49. The zero-order valence-corrected chi connectivity index (χ0v) is 12.7. The van der Waals surface area contributed by atoms with E-state index in [4.69, 9.17) is 4.74 Å². The summed E-state index contributed by atoms with van der Waals surface area (Å²) in [6.07, 6.45) is 6.19. The Bertz CT molecular complexity index is 583. The lowest BCUT2D eigenvalue weighted by atomic mass is 10.2. The third kappa shape index (κ3) is 6.58. The highest BCUT2D eigenvalue weighted by atomic mass is 16.5. The summed E-state index contributed by atoms with van der Waals surface area (Å²) in [7, 11) is 0. The molecule has 1 rings (SSSR count). The second kappa shape index (κ2) is 10.0. The van der Waals surface area contributed by atoms with Gasteiger partial charge >= 0.3 is 5.97 Å². The van der Waals surface area contributed by atoms with Crippen molar-refractivity contribution in [2.75, 3.05) is 13.2 Å². The molecule has 4 nitrogen and oxygen atoms in total. The normalized spacial score (nSPS) is 11.0. The van der Waals surface area contributed by atoms with Crippen LogP contribution in [-0.4, -0.2) is 24.0 Å². The van der Waals surface area contributed by atoms with E-state index >= 15 is 0 Å². The Morgan fingerprint density at radius 3 is 2.68 bits per heavy atom. The Morgan fingerprint density at radius 2 is 2.09 bits per heavy atom. The molecule has 0 amide bonds. The monoisotopic (exact) mass is 296 g/mol. The van der Waals surface area contributed by atoms with Gasteiger partial charge in [0.2, 0.25) is 0 Å². The number of esters is 1. The van der Waals surface area contributed by atoms with E-state index in [1.165, 1.54) is 12.2 Å². The maximum Gasteiger partial charge on any atom is 0.330 e. The molecule has 0 aromatic heterocycles. The Balaban J connectivity index is 2.82. The summed E-state index contributed by atoms with van der Waals surface area (Å²) in [5, 5.41) is 9.18. The van der Waals surface area contributed by atoms with Gasteiger partial charge in [-0.2, -0.15) is 5.26 Å². The average molecular weight is 296 g/mol. The first-order chi connectivity index (χ1) is 10.7. The topological polar surface area (TPSA) is 53.3 Å². The number of rotatable bonds is 8. The van der Waals surface area contributed by atoms with Crippen molar-refractivity contribution in [1.82, 2.24) is 4.90 Å². The highest BCUT2D eigenvalue weighted by Gasteiger charge is 2.02. The molecule has 0 aliphatic heterocycles. The van der Waals surface area contributed by atoms with Gasteiger partial charge in [0.25, 0.3) is 0 Å². The van der Waals surface area contributed by atoms with Crippen LogP contribution in [0.5, 0.6) is 0 Å². The summed E-state index contributed by atoms with van der Waals surface area (Å²) in [6.45, 7) is 7.04. The molecule has 0 saturated carbocycles. The van der Waals surface area contributed by atoms with Crippen LogP contribution in [0.15, 0.2) is 66.9 Å². The highest BCUT2D eigenvalue weighted by Crippen LogP contribution is 2.08. The molecule has 0 heterocycles. The first-order valence-electron chi connectivity index (χ1n) is 7.05. The lowest BCUT2D eigenvalue weighted by Crippen LogP contribution is -2.17. The molecule has 0 spiro atoms. The van der Waals surface area contributed by atoms with Crippen molar-refractivity contribution >= 4 is 5.97 Å². The third-order valence-corrected chi connectivity index (χ3v) is 2.73. The van der Waals surface area contributed by atoms with Crippen LogP contribution in [0.2, 0.25) is 0 Å². The van der Waals surface area contributed by atoms with Gasteiger partial charge in [-0.1, -0.05) is 36.4 Å². The Morgan fingerprint density at radius 1 is 1.36 bits per heavy atom. The zero-order chi connectivity index (χ0) is 16.2. The Kier molecular flexibility index (Phi) is 7.84. The number of ether oxygens (including phenoxy) is 1. The Hall–Kier alpha value is -2.80. The first-order valence-corrected chi connectivity index (χ1v) is 7.05. The fourth-order valence-corrected chi connectivity index (χ4v) is 1.80. The van der Waals surface area contributed by atoms with E-state index in [9.17, 15) is 10.1 Å². The van der Waals surface area contributed by atoms with Crippen LogP contribution in [0, 0.1) is 11.3 Å². The summed E-state index contributed by atoms with van der Waals surface area (Å²) in [6, 6.07) is 12.0. The number of carbonyl (C=O) groups excluding carboxylic acids is 1. The van der Waals surface area contributed by atoms with Gasteiger partial charge in [-0.3, -0.25) is 0 Å². The van der Waals surface area contributed by atoms with E-state index in [1.54, 1.807) is 19.2 Å². The smallest absolute Gasteiger partial charge is 0.330 e. The summed E-state index contributed by atoms with van der Waals surface area (Å²) in [4.78, 5) is 13.2. The third-order valence-electron chi connectivity index (χ3n) is 2.73. The summed E-state index contributed by atoms with van der Waals surface area (Å²) >= 11 is 0. The molecule has 0 aliphatic rings. The number of benzene rings is 1. The molecule has 0 bridgehead atoms. The van der Waals surface area contributed by atoms with Crippen molar-refractivity contribution in [2.24, 2.45) is 0 Å². The van der Waals surface area contributed by atoms with Gasteiger partial charge < -0.3 is 9.64 Å². The molecule has 0 saturated heterocycles. The molecule has 22 heavy (non-hydrogen) atoms. The van der Waals surface area contributed by atoms with Gasteiger partial charge in [-0.25, -0.2) is 4.79 Å². The predicted molar refractivity (Wildman–Crippen MR) is 86.5 cm³/mol. The van der Waals surface area contributed by atoms with Crippen LogP contribution >= 0.6 is 0 Å². The molecule has 1 aromatic rings. The maximum atomic E-state index is 11.3. The van der Waals surface area contributed by atoms with E-state index in [1.807, 2.05) is 35.2 Å². The highest BCUT2D eigenvalue weighted by molar-refractivity contribution is 5.82. The van der Waals surface area contributed by atoms with E-state index in [0.717, 1.165) is 5.56 Å². The summed E-state index contributed by atoms with van der Waals surface area (Å²) in [5.41, 5.74) is 1.51. The molecule has 0 fully saturated rings. The van der Waals surface area contributed by atoms with Crippen LogP contribution in [0.1, 0.15) is 12.5 Å². The SMILES string of the molecule is C=CCN(/C=C(C#N)\C=C\C(=O)OCC)Cc1ccccc1. The van der Waals surface area contributed by atoms with E-state index in [0.29, 0.717) is 25.3 Å². The fourth-order valence-electron chi connectivity index (χ4n) is 1.80. The standard InChI is InChI=1S/C18H20N2O2/c1-3-12-20(14-16-8-6-5-7-9-16)15-17(13-19)10-11-18(21)22-4-2/h3,5-11,15H,1,4,12,14H2,2H3/b11-10+,17-15+. The quantitative estimate of drug-likeness (QED) is 0.243. The zero-order valence-electron chi connectivity index (χ0n) is 12.7. The predicted octanol–water partition coefficient (Wildman–Crippen LogP) is 3.20. The van der Waals surface area contributed by atoms with Crippen molar-refractivity contribution in [1.29, 1.82) is 5.26 Å². The van der Waals surface area contributed by atoms with Crippen molar-refractivity contribution in [3.05, 3.63) is 72.5 Å². The minimum atomic E-state index is -0.456. The van der Waals surface area contributed by atoms with Crippen LogP contribution in [0.4, 0.5) is 0 Å². The first kappa shape index (κ1) is 17.3. The molecule has 4 heteroatoms. The summed E-state index contributed by atoms with van der Waals surface area (Å²) in [5.74, 6) is -0.456. The average Bonchev–Trinajstić information content (AvgIpc) is 2.52. The number of hydrogen-bond donors (Lipinski definition) is 0. The molecule has 0 N–H and O–H groups in total. The van der Waals surface area contributed by atoms with Crippen molar-refractivity contribution in [2.45, 2.75) is 13.5 Å². The number of nitrogens with zero attached hydrogens (tertiary/aromatic N) is 2. The van der Waals surface area contributed by atoms with Crippen molar-refractivity contribution < 1.29 is 9.53 Å². The van der Waals surface area contributed by atoms with Gasteiger partial charge in [-0.15, -0.1) is 6.58 Å². The minimum absolute atomic E-state index is 0.311. The van der Waals surface area contributed by atoms with Gasteiger partial charge in [0, 0.05) is 25.4 Å². The Labute approximate surface area is 131 Å². The summed E-state index contributed by atoms with van der Waals surface area (Å²) < 4.78 is 4.79. The molecule has 114 valence electrons. The van der Waals surface area contributed by atoms with Gasteiger partial charge in [0.05, 0.1) is 12.2 Å². The lowest BCUT2D eigenvalue weighted by Gasteiger charge is -2.18. The molecule has 0 unspecified atom stereocenters. The largest absolute Gasteiger partial charge is 0.463 e. The van der Waals surface area contributed by atoms with Gasteiger partial charge in [-0.05, 0) is 18.6 Å². The van der Waals surface area contributed by atoms with Crippen LogP contribution in [-0.2, 0) is 16.1 Å². The number of nitriles is 1. The molecule has 1 aromatic carbocycles. The fraction of sp³-hybridized carbons (Fsp3) is 0.222. The number of hydrogen-bond acceptors (Lipinski definition) is 4. The second-order valence-corrected chi connectivity index (χ2v) is 4.49. The van der Waals surface area contributed by atoms with Gasteiger partial charge in [0.15, 0.2) is 0 Å². The van der Waals surface area contributed by atoms with E-state index in [2.05, 4.69) is 12.6 Å². The minimum Gasteiger partial charge on any atom is -0.463 e. The van der Waals surface area contributed by atoms with Crippen molar-refractivity contribution in [3.63, 3.8) is 0 Å².